The molecule has 13 aromatic rings. The monoisotopic (exact) mass is 860 g/mol. The van der Waals surface area contributed by atoms with Crippen molar-refractivity contribution in [1.29, 1.82) is 0 Å². The van der Waals surface area contributed by atoms with Gasteiger partial charge in [-0.1, -0.05) is 151 Å². The smallest absolute Gasteiger partial charge is 0.333 e. The molecule has 6 heteroatoms. The Balaban J connectivity index is 1.13. The van der Waals surface area contributed by atoms with Gasteiger partial charge >= 0.3 is 6.85 Å². The molecule has 0 saturated heterocycles. The average Bonchev–Trinajstić information content (AvgIpc) is 3.93. The topological polar surface area (TPSA) is 27.2 Å². The maximum Gasteiger partial charge on any atom is 0.333 e. The van der Waals surface area contributed by atoms with Crippen molar-refractivity contribution in [2.45, 2.75) is 0 Å². The van der Waals surface area contributed by atoms with E-state index in [1.54, 1.807) is 0 Å². The number of aromatic amines is 1. The van der Waals surface area contributed by atoms with Crippen molar-refractivity contribution in [2.75, 3.05) is 9.80 Å². The SMILES string of the molecule is B1c2ccccc2N(c2ccccc2)c2cccc(-c3c4[nH]c5cc6ccccc6cc5c4c4c5c3c3cc6ccccc6cc3n5B3c5ccccc5N(c5ccccc5)c5cccc-4c53)c21. The van der Waals surface area contributed by atoms with Crippen LogP contribution in [0.4, 0.5) is 34.1 Å². The maximum absolute atomic E-state index is 4.21. The highest BCUT2D eigenvalue weighted by atomic mass is 15.2. The maximum atomic E-state index is 4.21. The fourth-order valence-corrected chi connectivity index (χ4v) is 12.7. The zero-order chi connectivity index (χ0) is 44.2. The molecule has 0 radical (unpaired) electrons. The highest BCUT2D eigenvalue weighted by Crippen LogP contribution is 2.54. The van der Waals surface area contributed by atoms with Crippen LogP contribution in [-0.4, -0.2) is 23.6 Å². The number of aromatic nitrogens is 2. The fraction of sp³-hybridized carbons (Fsp3) is 0. The summed E-state index contributed by atoms with van der Waals surface area (Å²) >= 11 is 0. The Morgan fingerprint density at radius 1 is 0.426 bits per heavy atom. The standard InChI is InChI=1S/C62H38B2N4/c1-3-21-41(22-4-1)66-50-29-13-11-27-47(50)63-59-43(25-15-31-52(59)66)55-58-46-34-38-18-8-10-20-40(38)36-54(46)68-62(58)57(56-45-33-37-17-7-9-19-39(37)35-49(45)65-61(55)56)44-26-16-32-53-60(44)64(68)48-28-12-14-30-51(48)67(53)42-23-5-2-6-24-42/h1-36,63,65H. The van der Waals surface area contributed by atoms with Crippen molar-refractivity contribution in [3.05, 3.63) is 218 Å². The van der Waals surface area contributed by atoms with Gasteiger partial charge < -0.3 is 19.3 Å². The normalized spacial score (nSPS) is 13.3. The van der Waals surface area contributed by atoms with E-state index in [-0.39, 0.29) is 6.85 Å². The third kappa shape index (κ3) is 4.76. The molecule has 0 fully saturated rings. The predicted molar refractivity (Wildman–Crippen MR) is 291 cm³/mol. The number of nitrogens with one attached hydrogen (secondary N) is 1. The summed E-state index contributed by atoms with van der Waals surface area (Å²) in [5.74, 6) is 0. The molecule has 0 bridgehead atoms. The van der Waals surface area contributed by atoms with E-state index in [4.69, 9.17) is 0 Å². The van der Waals surface area contributed by atoms with Crippen molar-refractivity contribution >= 4 is 135 Å². The van der Waals surface area contributed by atoms with Crippen LogP contribution in [0.25, 0.3) is 87.4 Å². The predicted octanol–water partition coefficient (Wildman–Crippen LogP) is 13.0. The Morgan fingerprint density at radius 2 is 1.00 bits per heavy atom. The first-order valence-electron chi connectivity index (χ1n) is 23.8. The molecule has 0 amide bonds. The summed E-state index contributed by atoms with van der Waals surface area (Å²) in [6.45, 7) is -0.0764. The lowest BCUT2D eigenvalue weighted by Gasteiger charge is -2.40. The van der Waals surface area contributed by atoms with Crippen LogP contribution in [0.15, 0.2) is 218 Å². The Kier molecular flexibility index (Phi) is 7.21. The van der Waals surface area contributed by atoms with Gasteiger partial charge in [0.05, 0.1) is 5.52 Å². The summed E-state index contributed by atoms with van der Waals surface area (Å²) in [4.78, 5) is 9.18. The molecule has 3 aliphatic rings. The van der Waals surface area contributed by atoms with Gasteiger partial charge in [-0.25, -0.2) is 0 Å². The molecule has 0 atom stereocenters. The quantitative estimate of drug-likeness (QED) is 0.179. The number of benzene rings is 11. The van der Waals surface area contributed by atoms with Gasteiger partial charge in [-0.3, -0.25) is 0 Å². The summed E-state index contributed by atoms with van der Waals surface area (Å²) in [5.41, 5.74) is 22.5. The van der Waals surface area contributed by atoms with E-state index < -0.39 is 0 Å². The number of hydrogen-bond acceptors (Lipinski definition) is 2. The van der Waals surface area contributed by atoms with Gasteiger partial charge in [-0.2, -0.15) is 0 Å². The summed E-state index contributed by atoms with van der Waals surface area (Å²) in [5, 5.41) is 10.0. The summed E-state index contributed by atoms with van der Waals surface area (Å²) in [7, 11) is 0.818. The molecule has 4 nitrogen and oxygen atoms in total. The molecule has 312 valence electrons. The van der Waals surface area contributed by atoms with E-state index >= 15 is 0 Å². The molecular weight excluding hydrogens is 822 g/mol. The lowest BCUT2D eigenvalue weighted by molar-refractivity contribution is 1.26. The van der Waals surface area contributed by atoms with E-state index in [2.05, 4.69) is 238 Å². The van der Waals surface area contributed by atoms with Crippen LogP contribution in [0, 0.1) is 0 Å². The highest BCUT2D eigenvalue weighted by molar-refractivity contribution is 6.90. The summed E-state index contributed by atoms with van der Waals surface area (Å²) in [6.07, 6.45) is 0. The molecule has 1 N–H and O–H groups in total. The second kappa shape index (κ2) is 13.4. The number of fused-ring (bicyclic) bond motifs is 15. The van der Waals surface area contributed by atoms with Crippen molar-refractivity contribution in [3.63, 3.8) is 0 Å². The van der Waals surface area contributed by atoms with Gasteiger partial charge in [-0.15, -0.1) is 0 Å². The first-order valence-corrected chi connectivity index (χ1v) is 23.8. The van der Waals surface area contributed by atoms with Crippen LogP contribution < -0.4 is 31.7 Å². The highest BCUT2D eigenvalue weighted by Gasteiger charge is 2.44. The number of anilines is 6. The first-order chi connectivity index (χ1) is 33.8. The van der Waals surface area contributed by atoms with Crippen LogP contribution in [-0.2, 0) is 0 Å². The minimum atomic E-state index is -0.0764. The molecule has 68 heavy (non-hydrogen) atoms. The first kappa shape index (κ1) is 36.5. The van der Waals surface area contributed by atoms with Crippen LogP contribution in [0.3, 0.4) is 0 Å². The van der Waals surface area contributed by atoms with Crippen LogP contribution in [0.2, 0.25) is 0 Å². The van der Waals surface area contributed by atoms with Crippen LogP contribution >= 0.6 is 0 Å². The molecule has 2 aromatic heterocycles. The Hall–Kier alpha value is -8.73. The minimum absolute atomic E-state index is 0.0764. The molecule has 0 saturated carbocycles. The number of hydrogen-bond donors (Lipinski definition) is 1. The van der Waals surface area contributed by atoms with Gasteiger partial charge in [0.1, 0.15) is 0 Å². The van der Waals surface area contributed by atoms with Gasteiger partial charge in [0.15, 0.2) is 7.28 Å². The second-order valence-corrected chi connectivity index (χ2v) is 18.8. The number of para-hydroxylation sites is 4. The zero-order valence-corrected chi connectivity index (χ0v) is 36.9. The van der Waals surface area contributed by atoms with E-state index in [9.17, 15) is 0 Å². The largest absolute Gasteiger partial charge is 0.375 e. The third-order valence-electron chi connectivity index (χ3n) is 15.4. The Morgan fingerprint density at radius 3 is 1.75 bits per heavy atom. The molecular formula is C62H38B2N4. The molecule has 11 aromatic carbocycles. The van der Waals surface area contributed by atoms with E-state index in [0.717, 1.165) is 24.2 Å². The van der Waals surface area contributed by atoms with Gasteiger partial charge in [0, 0.05) is 83.3 Å². The van der Waals surface area contributed by atoms with E-state index in [1.165, 1.54) is 126 Å². The van der Waals surface area contributed by atoms with Crippen molar-refractivity contribution in [1.82, 2.24) is 9.46 Å². The second-order valence-electron chi connectivity index (χ2n) is 18.8. The zero-order valence-electron chi connectivity index (χ0n) is 36.9. The average molecular weight is 861 g/mol. The van der Waals surface area contributed by atoms with Gasteiger partial charge in [-0.05, 0) is 122 Å². The minimum Gasteiger partial charge on any atom is -0.375 e. The van der Waals surface area contributed by atoms with E-state index in [1.807, 2.05) is 0 Å². The van der Waals surface area contributed by atoms with Crippen molar-refractivity contribution < 1.29 is 0 Å². The van der Waals surface area contributed by atoms with E-state index in [0.29, 0.717) is 0 Å². The van der Waals surface area contributed by atoms with Gasteiger partial charge in [0.2, 0.25) is 0 Å². The molecule has 5 heterocycles. The Labute approximate surface area is 393 Å². The summed E-state index contributed by atoms with van der Waals surface area (Å²) < 4.78 is 2.75. The van der Waals surface area contributed by atoms with Crippen molar-refractivity contribution in [2.24, 2.45) is 0 Å². The lowest BCUT2D eigenvalue weighted by atomic mass is 9.45. The molecule has 16 rings (SSSR count). The lowest BCUT2D eigenvalue weighted by Crippen LogP contribution is -2.56. The van der Waals surface area contributed by atoms with Crippen LogP contribution in [0.1, 0.15) is 0 Å². The van der Waals surface area contributed by atoms with Gasteiger partial charge in [0.25, 0.3) is 0 Å². The third-order valence-corrected chi connectivity index (χ3v) is 15.4. The number of H-pyrrole nitrogens is 1. The van der Waals surface area contributed by atoms with Crippen LogP contribution in [0.5, 0.6) is 0 Å². The number of rotatable bonds is 3. The molecule has 0 aliphatic carbocycles. The van der Waals surface area contributed by atoms with Crippen molar-refractivity contribution in [3.8, 4) is 22.3 Å². The molecule has 3 aliphatic heterocycles. The molecule has 0 spiro atoms. The number of nitrogens with zero attached hydrogens (tertiary/aromatic N) is 3. The molecule has 0 unspecified atom stereocenters. The summed E-state index contributed by atoms with van der Waals surface area (Å²) in [6, 6.07) is 81.5. The fourth-order valence-electron chi connectivity index (χ4n) is 12.7. The Bertz CT molecular complexity index is 4320.